The first-order valence-corrected chi connectivity index (χ1v) is 5.56. The molecule has 0 bridgehead atoms. The summed E-state index contributed by atoms with van der Waals surface area (Å²) < 4.78 is 0.860. The van der Waals surface area contributed by atoms with Crippen LogP contribution < -0.4 is 11.7 Å². The first kappa shape index (κ1) is 16.0. The maximum atomic E-state index is 10.5. The zero-order chi connectivity index (χ0) is 13.5. The number of carbonyl (C=O) groups is 1. The highest BCUT2D eigenvalue weighted by molar-refractivity contribution is 9.10. The van der Waals surface area contributed by atoms with Gasteiger partial charge in [0, 0.05) is 22.8 Å². The van der Waals surface area contributed by atoms with Crippen LogP contribution in [-0.4, -0.2) is 26.8 Å². The minimum Gasteiger partial charge on any atom is -0.481 e. The van der Waals surface area contributed by atoms with Gasteiger partial charge in [-0.1, -0.05) is 15.9 Å². The van der Waals surface area contributed by atoms with Crippen LogP contribution in [0.25, 0.3) is 0 Å². The average Bonchev–Trinajstić information content (AvgIpc) is 2.17. The molecule has 0 aliphatic heterocycles. The first-order chi connectivity index (χ1) is 7.89. The lowest BCUT2D eigenvalue weighted by atomic mass is 9.96. The number of pyridine rings is 1. The van der Waals surface area contributed by atoms with E-state index in [1.807, 2.05) is 0 Å². The van der Waals surface area contributed by atoms with E-state index >= 15 is 0 Å². The molecular formula is C10H16BrN3O3. The Labute approximate surface area is 108 Å². The molecule has 0 aliphatic carbocycles. The minimum atomic E-state index is -1.26. The zero-order valence-corrected chi connectivity index (χ0v) is 11.0. The minimum absolute atomic E-state index is 0.221. The molecule has 0 aliphatic rings. The van der Waals surface area contributed by atoms with E-state index in [0.717, 1.165) is 4.47 Å². The molecule has 0 spiro atoms. The maximum Gasteiger partial charge on any atom is 0.306 e. The topological polar surface area (TPSA) is 122 Å². The van der Waals surface area contributed by atoms with Crippen LogP contribution in [0, 0.1) is 0 Å². The average molecular weight is 306 g/mol. The third-order valence-electron chi connectivity index (χ3n) is 1.87. The van der Waals surface area contributed by atoms with Crippen molar-refractivity contribution in [1.82, 2.24) is 4.98 Å². The number of hydrogen-bond donors (Lipinski definition) is 4. The molecule has 96 valence electrons. The SMILES string of the molecule is CC(O)(CC(=O)O)Cc1cc(Br)ccn1.NN. The monoisotopic (exact) mass is 305 g/mol. The predicted molar refractivity (Wildman–Crippen MR) is 66.9 cm³/mol. The highest BCUT2D eigenvalue weighted by atomic mass is 79.9. The van der Waals surface area contributed by atoms with Gasteiger partial charge in [-0.2, -0.15) is 0 Å². The number of hydrogen-bond acceptors (Lipinski definition) is 5. The highest BCUT2D eigenvalue weighted by Crippen LogP contribution is 2.18. The van der Waals surface area contributed by atoms with Gasteiger partial charge in [-0.3, -0.25) is 21.5 Å². The Kier molecular flexibility index (Phi) is 6.89. The normalized spacial score (nSPS) is 13.2. The summed E-state index contributed by atoms with van der Waals surface area (Å²) in [4.78, 5) is 14.5. The molecular weight excluding hydrogens is 290 g/mol. The van der Waals surface area contributed by atoms with Gasteiger partial charge < -0.3 is 10.2 Å². The van der Waals surface area contributed by atoms with Crippen molar-refractivity contribution in [2.45, 2.75) is 25.4 Å². The largest absolute Gasteiger partial charge is 0.481 e. The Hall–Kier alpha value is -1.02. The molecule has 0 aromatic carbocycles. The number of carboxylic acids is 1. The lowest BCUT2D eigenvalue weighted by molar-refractivity contribution is -0.141. The van der Waals surface area contributed by atoms with Gasteiger partial charge in [0.15, 0.2) is 0 Å². The Morgan fingerprint density at radius 1 is 1.59 bits per heavy atom. The van der Waals surface area contributed by atoms with Crippen molar-refractivity contribution in [3.05, 3.63) is 28.5 Å². The third-order valence-corrected chi connectivity index (χ3v) is 2.37. The summed E-state index contributed by atoms with van der Waals surface area (Å²) in [6.07, 6.45) is 1.54. The summed E-state index contributed by atoms with van der Waals surface area (Å²) in [5.74, 6) is 6.98. The van der Waals surface area contributed by atoms with Gasteiger partial charge in [0.2, 0.25) is 0 Å². The summed E-state index contributed by atoms with van der Waals surface area (Å²) >= 11 is 3.28. The van der Waals surface area contributed by atoms with Crippen LogP contribution in [0.15, 0.2) is 22.8 Å². The first-order valence-electron chi connectivity index (χ1n) is 4.77. The van der Waals surface area contributed by atoms with Crippen LogP contribution in [0.1, 0.15) is 19.0 Å². The van der Waals surface area contributed by atoms with Crippen LogP contribution in [0.4, 0.5) is 0 Å². The van der Waals surface area contributed by atoms with Gasteiger partial charge in [-0.15, -0.1) is 0 Å². The fourth-order valence-electron chi connectivity index (χ4n) is 1.32. The standard InChI is InChI=1S/C10H12BrNO3.H4N2/c1-10(15,6-9(13)14)5-8-4-7(11)2-3-12-8;1-2/h2-4,15H,5-6H2,1H3,(H,13,14);1-2H2. The second kappa shape index (κ2) is 7.33. The number of hydrazine groups is 1. The molecule has 0 radical (unpaired) electrons. The smallest absolute Gasteiger partial charge is 0.306 e. The van der Waals surface area contributed by atoms with Gasteiger partial charge >= 0.3 is 5.97 Å². The predicted octanol–water partition coefficient (Wildman–Crippen LogP) is 0.431. The zero-order valence-electron chi connectivity index (χ0n) is 9.43. The highest BCUT2D eigenvalue weighted by Gasteiger charge is 2.25. The molecule has 1 aromatic heterocycles. The van der Waals surface area contributed by atoms with E-state index in [9.17, 15) is 9.90 Å². The van der Waals surface area contributed by atoms with Crippen LogP contribution in [0.5, 0.6) is 0 Å². The van der Waals surface area contributed by atoms with Crippen molar-refractivity contribution in [2.24, 2.45) is 11.7 Å². The molecule has 0 amide bonds. The Morgan fingerprint density at radius 2 is 2.18 bits per heavy atom. The Bertz CT molecular complexity index is 372. The summed E-state index contributed by atoms with van der Waals surface area (Å²) in [5.41, 5.74) is -0.602. The molecule has 0 saturated carbocycles. The second-order valence-electron chi connectivity index (χ2n) is 3.71. The molecule has 0 fully saturated rings. The molecule has 17 heavy (non-hydrogen) atoms. The summed E-state index contributed by atoms with van der Waals surface area (Å²) in [6.45, 7) is 1.49. The van der Waals surface area contributed by atoms with E-state index in [1.54, 1.807) is 18.3 Å². The number of aromatic nitrogens is 1. The third kappa shape index (κ3) is 7.01. The molecule has 1 atom stereocenters. The maximum absolute atomic E-state index is 10.5. The number of rotatable bonds is 4. The molecule has 1 aromatic rings. The molecule has 7 heteroatoms. The summed E-state index contributed by atoms with van der Waals surface area (Å²) in [6, 6.07) is 3.53. The van der Waals surface area contributed by atoms with E-state index in [-0.39, 0.29) is 12.8 Å². The molecule has 1 unspecified atom stereocenters. The van der Waals surface area contributed by atoms with Crippen molar-refractivity contribution >= 4 is 21.9 Å². The van der Waals surface area contributed by atoms with Crippen molar-refractivity contribution in [3.8, 4) is 0 Å². The van der Waals surface area contributed by atoms with Gasteiger partial charge in [0.1, 0.15) is 0 Å². The van der Waals surface area contributed by atoms with E-state index < -0.39 is 11.6 Å². The van der Waals surface area contributed by atoms with Crippen molar-refractivity contribution < 1.29 is 15.0 Å². The number of halogens is 1. The number of nitrogens with zero attached hydrogens (tertiary/aromatic N) is 1. The number of aliphatic carboxylic acids is 1. The molecule has 6 nitrogen and oxygen atoms in total. The van der Waals surface area contributed by atoms with E-state index in [0.29, 0.717) is 5.69 Å². The number of nitrogens with two attached hydrogens (primary N) is 2. The molecule has 1 rings (SSSR count). The van der Waals surface area contributed by atoms with E-state index in [2.05, 4.69) is 32.6 Å². The van der Waals surface area contributed by atoms with Crippen molar-refractivity contribution in [2.75, 3.05) is 0 Å². The summed E-state index contributed by atoms with van der Waals surface area (Å²) in [5, 5.41) is 18.4. The molecule has 6 N–H and O–H groups in total. The summed E-state index contributed by atoms with van der Waals surface area (Å²) in [7, 11) is 0. The van der Waals surface area contributed by atoms with Crippen LogP contribution in [0.2, 0.25) is 0 Å². The fourth-order valence-corrected chi connectivity index (χ4v) is 1.71. The second-order valence-corrected chi connectivity index (χ2v) is 4.63. The Balaban J connectivity index is 0.00000121. The lowest BCUT2D eigenvalue weighted by Crippen LogP contribution is -2.30. The molecule has 0 saturated heterocycles. The number of aliphatic hydroxyl groups is 1. The van der Waals surface area contributed by atoms with E-state index in [1.165, 1.54) is 6.92 Å². The Morgan fingerprint density at radius 3 is 2.65 bits per heavy atom. The van der Waals surface area contributed by atoms with Crippen LogP contribution in [0.3, 0.4) is 0 Å². The fraction of sp³-hybridized carbons (Fsp3) is 0.400. The lowest BCUT2D eigenvalue weighted by Gasteiger charge is -2.20. The van der Waals surface area contributed by atoms with Gasteiger partial charge in [-0.05, 0) is 19.1 Å². The van der Waals surface area contributed by atoms with Crippen molar-refractivity contribution in [3.63, 3.8) is 0 Å². The molecule has 1 heterocycles. The van der Waals surface area contributed by atoms with Gasteiger partial charge in [0.05, 0.1) is 12.0 Å². The van der Waals surface area contributed by atoms with Gasteiger partial charge in [0.25, 0.3) is 0 Å². The quantitative estimate of drug-likeness (QED) is 0.472. The van der Waals surface area contributed by atoms with Crippen molar-refractivity contribution in [1.29, 1.82) is 0 Å². The van der Waals surface area contributed by atoms with Gasteiger partial charge in [-0.25, -0.2) is 0 Å². The van der Waals surface area contributed by atoms with E-state index in [4.69, 9.17) is 5.11 Å². The number of carboxylic acid groups (broad SMARTS) is 1. The van der Waals surface area contributed by atoms with Crippen LogP contribution in [-0.2, 0) is 11.2 Å². The van der Waals surface area contributed by atoms with Crippen LogP contribution >= 0.6 is 15.9 Å².